The molecule has 0 aliphatic carbocycles. The number of carbonyl (C=O) groups excluding carboxylic acids is 1. The van der Waals surface area contributed by atoms with Gasteiger partial charge in [-0.3, -0.25) is 4.79 Å². The van der Waals surface area contributed by atoms with Crippen LogP contribution in [0.15, 0.2) is 58.1 Å². The van der Waals surface area contributed by atoms with Crippen molar-refractivity contribution in [2.45, 2.75) is 10.6 Å². The van der Waals surface area contributed by atoms with E-state index in [0.717, 1.165) is 0 Å². The highest BCUT2D eigenvalue weighted by Crippen LogP contribution is 2.31. The Morgan fingerprint density at radius 2 is 1.61 bits per heavy atom. The molecule has 1 aliphatic heterocycles. The molecule has 3 aromatic rings. The molecule has 1 saturated heterocycles. The number of benzene rings is 1. The molecule has 2 aromatic heterocycles. The summed E-state index contributed by atoms with van der Waals surface area (Å²) < 4.78 is 31.1. The molecule has 1 fully saturated rings. The van der Waals surface area contributed by atoms with Crippen LogP contribution in [-0.2, 0) is 15.6 Å². The maximum Gasteiger partial charge on any atom is 0.289 e. The number of hydrogen-bond donors (Lipinski definition) is 0. The third kappa shape index (κ3) is 4.68. The third-order valence-electron chi connectivity index (χ3n) is 4.84. The van der Waals surface area contributed by atoms with Crippen molar-refractivity contribution in [3.63, 3.8) is 0 Å². The number of halogens is 2. The summed E-state index contributed by atoms with van der Waals surface area (Å²) in [7, 11) is -3.85. The van der Waals surface area contributed by atoms with Crippen LogP contribution in [0.2, 0.25) is 10.0 Å². The summed E-state index contributed by atoms with van der Waals surface area (Å²) in [4.78, 5) is 24.7. The van der Waals surface area contributed by atoms with Gasteiger partial charge in [0.1, 0.15) is 16.4 Å². The number of anilines is 1. The van der Waals surface area contributed by atoms with E-state index < -0.39 is 15.6 Å². The van der Waals surface area contributed by atoms with Gasteiger partial charge in [-0.2, -0.15) is 0 Å². The summed E-state index contributed by atoms with van der Waals surface area (Å²) in [6.45, 7) is 2.12. The van der Waals surface area contributed by atoms with Crippen LogP contribution >= 0.6 is 23.2 Å². The molecule has 0 radical (unpaired) electrons. The summed E-state index contributed by atoms with van der Waals surface area (Å²) in [5.41, 5.74) is 0. The van der Waals surface area contributed by atoms with Gasteiger partial charge in [0.15, 0.2) is 15.6 Å². The Balaban J connectivity index is 1.43. The minimum atomic E-state index is -3.85. The fourth-order valence-corrected chi connectivity index (χ4v) is 5.84. The summed E-state index contributed by atoms with van der Waals surface area (Å²) >= 11 is 12.1. The molecule has 1 amide bonds. The van der Waals surface area contributed by atoms with E-state index in [9.17, 15) is 13.2 Å². The van der Waals surface area contributed by atoms with E-state index in [1.807, 2.05) is 4.90 Å². The van der Waals surface area contributed by atoms with Crippen molar-refractivity contribution in [1.29, 1.82) is 0 Å². The van der Waals surface area contributed by atoms with Crippen molar-refractivity contribution in [2.75, 3.05) is 31.1 Å². The Kier molecular flexibility index (Phi) is 6.17. The first-order valence-electron chi connectivity index (χ1n) is 9.42. The number of rotatable bonds is 5. The molecule has 162 valence electrons. The first-order valence-corrected chi connectivity index (χ1v) is 11.8. The van der Waals surface area contributed by atoms with Crippen LogP contribution in [0.25, 0.3) is 0 Å². The monoisotopic (exact) mass is 480 g/mol. The first-order chi connectivity index (χ1) is 14.8. The van der Waals surface area contributed by atoms with Crippen LogP contribution in [-0.4, -0.2) is 55.4 Å². The topological polar surface area (TPSA) is 96.6 Å². The van der Waals surface area contributed by atoms with Crippen LogP contribution in [0.5, 0.6) is 0 Å². The normalized spacial score (nSPS) is 14.6. The van der Waals surface area contributed by atoms with E-state index in [4.69, 9.17) is 27.6 Å². The number of aromatic nitrogens is 2. The number of nitrogens with zero attached hydrogens (tertiary/aromatic N) is 4. The number of piperazine rings is 1. The van der Waals surface area contributed by atoms with Crippen molar-refractivity contribution in [3.8, 4) is 0 Å². The van der Waals surface area contributed by atoms with E-state index >= 15 is 0 Å². The van der Waals surface area contributed by atoms with E-state index in [2.05, 4.69) is 9.97 Å². The second kappa shape index (κ2) is 8.86. The van der Waals surface area contributed by atoms with Gasteiger partial charge in [-0.15, -0.1) is 0 Å². The van der Waals surface area contributed by atoms with E-state index in [0.29, 0.717) is 32.1 Å². The quantitative estimate of drug-likeness (QED) is 0.552. The van der Waals surface area contributed by atoms with Gasteiger partial charge in [0.2, 0.25) is 5.95 Å². The van der Waals surface area contributed by atoms with Crippen molar-refractivity contribution in [1.82, 2.24) is 14.9 Å². The molecule has 8 nitrogen and oxygen atoms in total. The minimum absolute atomic E-state index is 0.0376. The van der Waals surface area contributed by atoms with Crippen LogP contribution < -0.4 is 4.90 Å². The summed E-state index contributed by atoms with van der Waals surface area (Å²) in [6, 6.07) is 9.18. The molecule has 3 heterocycles. The molecule has 0 unspecified atom stereocenters. The van der Waals surface area contributed by atoms with Crippen LogP contribution in [0, 0.1) is 0 Å². The number of carbonyl (C=O) groups is 1. The van der Waals surface area contributed by atoms with Crippen LogP contribution in [0.1, 0.15) is 16.3 Å². The zero-order valence-corrected chi connectivity index (χ0v) is 18.6. The van der Waals surface area contributed by atoms with Crippen molar-refractivity contribution < 1.29 is 17.6 Å². The molecule has 1 aliphatic rings. The highest BCUT2D eigenvalue weighted by molar-refractivity contribution is 7.90. The highest BCUT2D eigenvalue weighted by Gasteiger charge is 2.27. The first kappa shape index (κ1) is 21.6. The van der Waals surface area contributed by atoms with E-state index in [-0.39, 0.29) is 32.4 Å². The van der Waals surface area contributed by atoms with Gasteiger partial charge in [0.25, 0.3) is 5.91 Å². The Bertz CT molecular complexity index is 1170. The lowest BCUT2D eigenvalue weighted by atomic mass is 10.3. The number of furan rings is 1. The summed E-state index contributed by atoms with van der Waals surface area (Å²) in [5, 5.41) is 0.0752. The van der Waals surface area contributed by atoms with Gasteiger partial charge in [0.05, 0.1) is 10.0 Å². The van der Waals surface area contributed by atoms with Gasteiger partial charge in [-0.05, 0) is 30.3 Å². The van der Waals surface area contributed by atoms with E-state index in [1.54, 1.807) is 29.4 Å². The summed E-state index contributed by atoms with van der Waals surface area (Å²) in [6.07, 6.45) is 3.35. The fourth-order valence-electron chi connectivity index (χ4n) is 3.33. The molecule has 0 saturated carbocycles. The van der Waals surface area contributed by atoms with Crippen LogP contribution in [0.3, 0.4) is 0 Å². The lowest BCUT2D eigenvalue weighted by Crippen LogP contribution is -2.49. The second-order valence-corrected chi connectivity index (χ2v) is 9.64. The number of hydrogen-bond acceptors (Lipinski definition) is 7. The molecular formula is C20H18Cl2N4O4S. The van der Waals surface area contributed by atoms with Gasteiger partial charge < -0.3 is 14.2 Å². The van der Waals surface area contributed by atoms with Gasteiger partial charge in [-0.1, -0.05) is 29.3 Å². The fraction of sp³-hybridized carbons (Fsp3) is 0.250. The molecule has 0 spiro atoms. The highest BCUT2D eigenvalue weighted by atomic mass is 35.5. The molecule has 0 atom stereocenters. The molecule has 0 bridgehead atoms. The zero-order valence-electron chi connectivity index (χ0n) is 16.2. The lowest BCUT2D eigenvalue weighted by molar-refractivity contribution is 0.0712. The van der Waals surface area contributed by atoms with E-state index in [1.165, 1.54) is 24.3 Å². The van der Waals surface area contributed by atoms with Gasteiger partial charge in [0, 0.05) is 38.6 Å². The SMILES string of the molecule is O=C(c1ccc(CS(=O)(=O)c2c(Cl)cccc2Cl)o1)N1CCN(c2ncccn2)CC1. The average molecular weight is 481 g/mol. The Hall–Kier alpha value is -2.62. The molecule has 0 N–H and O–H groups in total. The predicted molar refractivity (Wildman–Crippen MR) is 116 cm³/mol. The second-order valence-electron chi connectivity index (χ2n) is 6.90. The Labute approximate surface area is 189 Å². The lowest BCUT2D eigenvalue weighted by Gasteiger charge is -2.34. The summed E-state index contributed by atoms with van der Waals surface area (Å²) in [5.74, 6) is 0.0879. The maximum absolute atomic E-state index is 12.8. The molecule has 1 aromatic carbocycles. The van der Waals surface area contributed by atoms with Gasteiger partial charge in [-0.25, -0.2) is 18.4 Å². The molecular weight excluding hydrogens is 463 g/mol. The van der Waals surface area contributed by atoms with Crippen molar-refractivity contribution in [2.24, 2.45) is 0 Å². The average Bonchev–Trinajstić information content (AvgIpc) is 3.21. The van der Waals surface area contributed by atoms with Crippen molar-refractivity contribution in [3.05, 3.63) is 70.4 Å². The molecule has 11 heteroatoms. The van der Waals surface area contributed by atoms with Crippen LogP contribution in [0.4, 0.5) is 5.95 Å². The smallest absolute Gasteiger partial charge is 0.289 e. The molecule has 4 rings (SSSR count). The van der Waals surface area contributed by atoms with Gasteiger partial charge >= 0.3 is 0 Å². The largest absolute Gasteiger partial charge is 0.455 e. The Morgan fingerprint density at radius 3 is 2.26 bits per heavy atom. The standard InChI is InChI=1S/C20H18Cl2N4O4S/c21-15-3-1-4-16(22)18(15)31(28,29)13-14-5-6-17(30-14)19(27)25-9-11-26(12-10-25)20-23-7-2-8-24-20/h1-8H,9-13H2. The molecule has 31 heavy (non-hydrogen) atoms. The maximum atomic E-state index is 12.8. The Morgan fingerprint density at radius 1 is 0.968 bits per heavy atom. The number of amides is 1. The zero-order chi connectivity index (χ0) is 22.0. The third-order valence-corrected chi connectivity index (χ3v) is 7.42. The number of sulfone groups is 1. The minimum Gasteiger partial charge on any atom is -0.455 e. The predicted octanol–water partition coefficient (Wildman–Crippen LogP) is 3.31. The van der Waals surface area contributed by atoms with Crippen molar-refractivity contribution >= 4 is 44.9 Å².